The number of rotatable bonds is 6. The quantitative estimate of drug-likeness (QED) is 0.702. The highest BCUT2D eigenvalue weighted by atomic mass is 32.2. The average molecular weight is 226 g/mol. The number of nitrogens with zero attached hydrogens (tertiary/aromatic N) is 5. The molecule has 0 saturated heterocycles. The van der Waals surface area contributed by atoms with Crippen molar-refractivity contribution in [2.75, 3.05) is 13.6 Å². The first-order valence-electron chi connectivity index (χ1n) is 4.78. The largest absolute Gasteiger partial charge is 0.318 e. The van der Waals surface area contributed by atoms with E-state index in [1.165, 1.54) is 11.8 Å². The molecule has 0 spiro atoms. The lowest BCUT2D eigenvalue weighted by molar-refractivity contribution is 0.529. The Morgan fingerprint density at radius 2 is 2.47 bits per heavy atom. The minimum Gasteiger partial charge on any atom is -0.318 e. The topological polar surface area (TPSA) is 79.4 Å². The van der Waals surface area contributed by atoms with Crippen molar-refractivity contribution in [1.82, 2.24) is 25.5 Å². The Morgan fingerprint density at radius 1 is 1.67 bits per heavy atom. The van der Waals surface area contributed by atoms with Crippen LogP contribution in [0.1, 0.15) is 13.3 Å². The minimum atomic E-state index is -0.0793. The predicted octanol–water partition coefficient (Wildman–Crippen LogP) is 0.287. The van der Waals surface area contributed by atoms with Gasteiger partial charge in [-0.25, -0.2) is 4.68 Å². The number of tetrazole rings is 1. The summed E-state index contributed by atoms with van der Waals surface area (Å²) in [4.78, 5) is 0. The van der Waals surface area contributed by atoms with Crippen molar-refractivity contribution < 1.29 is 0 Å². The summed E-state index contributed by atoms with van der Waals surface area (Å²) in [5.74, 6) is 0. The van der Waals surface area contributed by atoms with Gasteiger partial charge in [-0.3, -0.25) is 0 Å². The van der Waals surface area contributed by atoms with Crippen LogP contribution in [0.4, 0.5) is 0 Å². The Hall–Kier alpha value is -1.13. The van der Waals surface area contributed by atoms with Crippen molar-refractivity contribution in [3.05, 3.63) is 0 Å². The van der Waals surface area contributed by atoms with E-state index < -0.39 is 0 Å². The van der Waals surface area contributed by atoms with E-state index >= 15 is 0 Å². The van der Waals surface area contributed by atoms with Gasteiger partial charge in [-0.1, -0.05) is 18.7 Å². The van der Waals surface area contributed by atoms with Gasteiger partial charge in [0.05, 0.1) is 17.9 Å². The molecule has 0 aromatic carbocycles. The number of hydrogen-bond donors (Lipinski definition) is 1. The Balaban J connectivity index is 2.60. The second-order valence-corrected chi connectivity index (χ2v) is 4.10. The maximum atomic E-state index is 8.83. The maximum Gasteiger partial charge on any atom is 0.210 e. The molecule has 15 heavy (non-hydrogen) atoms. The molecule has 1 N–H and O–H groups in total. The third-order valence-corrected chi connectivity index (χ3v) is 3.06. The third-order valence-electron chi connectivity index (χ3n) is 1.84. The minimum absolute atomic E-state index is 0.0793. The third kappa shape index (κ3) is 3.49. The molecule has 6 nitrogen and oxygen atoms in total. The SMILES string of the molecule is CCC(C#N)Sc1nnnn1CCNC. The summed E-state index contributed by atoms with van der Waals surface area (Å²) in [6.07, 6.45) is 0.792. The predicted molar refractivity (Wildman–Crippen MR) is 57.3 cm³/mol. The van der Waals surface area contributed by atoms with Crippen LogP contribution in [0.25, 0.3) is 0 Å². The van der Waals surface area contributed by atoms with E-state index in [9.17, 15) is 0 Å². The molecule has 82 valence electrons. The maximum absolute atomic E-state index is 8.83. The van der Waals surface area contributed by atoms with E-state index in [-0.39, 0.29) is 5.25 Å². The second kappa shape index (κ2) is 6.37. The van der Waals surface area contributed by atoms with Gasteiger partial charge in [0.1, 0.15) is 0 Å². The van der Waals surface area contributed by atoms with Gasteiger partial charge in [0.15, 0.2) is 0 Å². The molecule has 0 bridgehead atoms. The van der Waals surface area contributed by atoms with E-state index in [2.05, 4.69) is 26.9 Å². The number of thioether (sulfide) groups is 1. The van der Waals surface area contributed by atoms with Crippen LogP contribution < -0.4 is 5.32 Å². The second-order valence-electron chi connectivity index (χ2n) is 2.93. The molecule has 0 amide bonds. The molecule has 1 heterocycles. The molecule has 7 heteroatoms. The normalized spacial score (nSPS) is 12.3. The first-order chi connectivity index (χ1) is 7.31. The fraction of sp³-hybridized carbons (Fsp3) is 0.750. The zero-order valence-electron chi connectivity index (χ0n) is 8.84. The zero-order valence-corrected chi connectivity index (χ0v) is 9.66. The number of aromatic nitrogens is 4. The number of likely N-dealkylation sites (N-methyl/N-ethyl adjacent to an activating group) is 1. The summed E-state index contributed by atoms with van der Waals surface area (Å²) in [5, 5.41) is 23.8. The molecule has 0 radical (unpaired) electrons. The number of nitrogens with one attached hydrogen (secondary N) is 1. The van der Waals surface area contributed by atoms with Crippen molar-refractivity contribution in [2.24, 2.45) is 0 Å². The van der Waals surface area contributed by atoms with Crippen molar-refractivity contribution in [3.8, 4) is 6.07 Å². The summed E-state index contributed by atoms with van der Waals surface area (Å²) in [7, 11) is 1.88. The molecule has 1 aromatic rings. The van der Waals surface area contributed by atoms with Crippen LogP contribution in [0.3, 0.4) is 0 Å². The summed E-state index contributed by atoms with van der Waals surface area (Å²) in [6, 6.07) is 2.21. The summed E-state index contributed by atoms with van der Waals surface area (Å²) in [5.41, 5.74) is 0. The van der Waals surface area contributed by atoms with Gasteiger partial charge in [0.2, 0.25) is 5.16 Å². The summed E-state index contributed by atoms with van der Waals surface area (Å²) >= 11 is 1.41. The van der Waals surface area contributed by atoms with E-state index in [1.54, 1.807) is 4.68 Å². The van der Waals surface area contributed by atoms with Gasteiger partial charge in [-0.15, -0.1) is 5.10 Å². The molecule has 0 aliphatic heterocycles. The van der Waals surface area contributed by atoms with Crippen LogP contribution in [0.2, 0.25) is 0 Å². The highest BCUT2D eigenvalue weighted by molar-refractivity contribution is 8.00. The van der Waals surface area contributed by atoms with E-state index in [4.69, 9.17) is 5.26 Å². The van der Waals surface area contributed by atoms with Gasteiger partial charge in [0, 0.05) is 6.54 Å². The highest BCUT2D eigenvalue weighted by Crippen LogP contribution is 2.21. The number of hydrogen-bond acceptors (Lipinski definition) is 6. The fourth-order valence-electron chi connectivity index (χ4n) is 0.967. The Labute approximate surface area is 93.0 Å². The van der Waals surface area contributed by atoms with Crippen molar-refractivity contribution in [1.29, 1.82) is 5.26 Å². The molecule has 0 aliphatic carbocycles. The van der Waals surface area contributed by atoms with Crippen LogP contribution in [-0.4, -0.2) is 39.0 Å². The molecule has 1 unspecified atom stereocenters. The van der Waals surface area contributed by atoms with Crippen LogP contribution in [0.5, 0.6) is 0 Å². The van der Waals surface area contributed by atoms with E-state index in [0.717, 1.165) is 13.0 Å². The smallest absolute Gasteiger partial charge is 0.210 e. The Bertz CT molecular complexity index is 330. The molecule has 1 rings (SSSR count). The van der Waals surface area contributed by atoms with Crippen LogP contribution in [0, 0.1) is 11.3 Å². The number of nitriles is 1. The summed E-state index contributed by atoms with van der Waals surface area (Å²) < 4.78 is 1.71. The monoisotopic (exact) mass is 226 g/mol. The fourth-order valence-corrected chi connectivity index (χ4v) is 1.77. The lowest BCUT2D eigenvalue weighted by Gasteiger charge is -2.05. The lowest BCUT2D eigenvalue weighted by Crippen LogP contribution is -2.17. The first-order valence-corrected chi connectivity index (χ1v) is 5.66. The van der Waals surface area contributed by atoms with Crippen molar-refractivity contribution in [3.63, 3.8) is 0 Å². The van der Waals surface area contributed by atoms with Crippen LogP contribution in [0.15, 0.2) is 5.16 Å². The van der Waals surface area contributed by atoms with Crippen LogP contribution in [-0.2, 0) is 6.54 Å². The van der Waals surface area contributed by atoms with Crippen molar-refractivity contribution in [2.45, 2.75) is 30.3 Å². The Morgan fingerprint density at radius 3 is 3.07 bits per heavy atom. The van der Waals surface area contributed by atoms with E-state index in [0.29, 0.717) is 11.7 Å². The molecule has 0 fully saturated rings. The van der Waals surface area contributed by atoms with Crippen molar-refractivity contribution >= 4 is 11.8 Å². The molecule has 1 aromatic heterocycles. The van der Waals surface area contributed by atoms with Gasteiger partial charge >= 0.3 is 0 Å². The molecular formula is C8H14N6S. The Kier molecular flexibility index (Phi) is 5.07. The van der Waals surface area contributed by atoms with Gasteiger partial charge in [-0.05, 0) is 23.9 Å². The molecule has 0 aliphatic rings. The van der Waals surface area contributed by atoms with Gasteiger partial charge in [-0.2, -0.15) is 5.26 Å². The van der Waals surface area contributed by atoms with Crippen LogP contribution >= 0.6 is 11.8 Å². The standard InChI is InChI=1S/C8H14N6S/c1-3-7(6-9)15-8-11-12-13-14(8)5-4-10-2/h7,10H,3-5H2,1-2H3. The molecular weight excluding hydrogens is 212 g/mol. The van der Waals surface area contributed by atoms with E-state index in [1.807, 2.05) is 14.0 Å². The molecule has 0 saturated carbocycles. The molecule has 1 atom stereocenters. The van der Waals surface area contributed by atoms with Gasteiger partial charge < -0.3 is 5.32 Å². The zero-order chi connectivity index (χ0) is 11.1. The summed E-state index contributed by atoms with van der Waals surface area (Å²) in [6.45, 7) is 3.50. The average Bonchev–Trinajstić information content (AvgIpc) is 2.70. The van der Waals surface area contributed by atoms with Gasteiger partial charge in [0.25, 0.3) is 0 Å². The highest BCUT2D eigenvalue weighted by Gasteiger charge is 2.12. The lowest BCUT2D eigenvalue weighted by atomic mass is 10.4. The first kappa shape index (κ1) is 11.9.